The highest BCUT2D eigenvalue weighted by Crippen LogP contribution is 2.02. The van der Waals surface area contributed by atoms with E-state index in [9.17, 15) is 0 Å². The Hall–Kier alpha value is -0.790. The average molecular weight is 154 g/mol. The van der Waals surface area contributed by atoms with Crippen LogP contribution in [0.1, 0.15) is 27.2 Å². The number of hydrazone groups is 1. The summed E-state index contributed by atoms with van der Waals surface area (Å²) in [6, 6.07) is 0. The van der Waals surface area contributed by atoms with Gasteiger partial charge in [0, 0.05) is 19.0 Å². The lowest BCUT2D eigenvalue weighted by Crippen LogP contribution is -2.12. The van der Waals surface area contributed by atoms with Crippen LogP contribution in [-0.4, -0.2) is 17.8 Å². The van der Waals surface area contributed by atoms with Gasteiger partial charge in [-0.05, 0) is 12.3 Å². The Morgan fingerprint density at radius 2 is 2.18 bits per heavy atom. The van der Waals surface area contributed by atoms with Crippen LogP contribution < -0.4 is 0 Å². The summed E-state index contributed by atoms with van der Waals surface area (Å²) >= 11 is 0. The minimum absolute atomic E-state index is 0.530. The lowest BCUT2D eigenvalue weighted by molar-refractivity contribution is 0.484. The molecule has 0 atom stereocenters. The Morgan fingerprint density at radius 3 is 2.45 bits per heavy atom. The molecule has 0 aromatic carbocycles. The molecule has 0 N–H and O–H groups in total. The normalized spacial score (nSPS) is 11.9. The monoisotopic (exact) mass is 154 g/mol. The smallest absolute Gasteiger partial charge is 0.0407 e. The van der Waals surface area contributed by atoms with Crippen molar-refractivity contribution in [2.45, 2.75) is 27.2 Å². The predicted octanol–water partition coefficient (Wildman–Crippen LogP) is 2.48. The van der Waals surface area contributed by atoms with Crippen LogP contribution in [0.25, 0.3) is 0 Å². The molecule has 0 aromatic rings. The minimum atomic E-state index is 0.530. The minimum Gasteiger partial charge on any atom is -0.277 e. The van der Waals surface area contributed by atoms with Crippen molar-refractivity contribution in [2.24, 2.45) is 11.0 Å². The van der Waals surface area contributed by atoms with Crippen LogP contribution in [0.15, 0.2) is 17.9 Å². The maximum Gasteiger partial charge on any atom is 0.0407 e. The summed E-state index contributed by atoms with van der Waals surface area (Å²) in [5.74, 6) is 0.530. The van der Waals surface area contributed by atoms with Gasteiger partial charge in [0.25, 0.3) is 0 Å². The zero-order valence-electron chi connectivity index (χ0n) is 7.96. The SMILES string of the molecule is C=CN(C)/N=C(\CC)C(C)C. The van der Waals surface area contributed by atoms with E-state index >= 15 is 0 Å². The molecule has 0 radical (unpaired) electrons. The highest BCUT2D eigenvalue weighted by Gasteiger charge is 2.01. The second-order valence-electron chi connectivity index (χ2n) is 2.86. The first kappa shape index (κ1) is 10.2. The van der Waals surface area contributed by atoms with E-state index < -0.39 is 0 Å². The Labute approximate surface area is 69.6 Å². The van der Waals surface area contributed by atoms with Gasteiger partial charge in [0.05, 0.1) is 0 Å². The summed E-state index contributed by atoms with van der Waals surface area (Å²) in [5, 5.41) is 6.09. The summed E-state index contributed by atoms with van der Waals surface area (Å²) in [4.78, 5) is 0. The molecule has 0 unspecified atom stereocenters. The second kappa shape index (κ2) is 4.94. The zero-order valence-corrected chi connectivity index (χ0v) is 7.96. The van der Waals surface area contributed by atoms with Crippen molar-refractivity contribution < 1.29 is 0 Å². The van der Waals surface area contributed by atoms with Crippen molar-refractivity contribution >= 4 is 5.71 Å². The van der Waals surface area contributed by atoms with Crippen molar-refractivity contribution in [1.82, 2.24) is 5.01 Å². The van der Waals surface area contributed by atoms with E-state index in [1.807, 2.05) is 7.05 Å². The average Bonchev–Trinajstić information content (AvgIpc) is 1.99. The maximum absolute atomic E-state index is 4.34. The van der Waals surface area contributed by atoms with Crippen LogP contribution in [0, 0.1) is 5.92 Å². The van der Waals surface area contributed by atoms with Crippen molar-refractivity contribution in [2.75, 3.05) is 7.05 Å². The molecule has 0 amide bonds. The largest absolute Gasteiger partial charge is 0.277 e. The molecule has 0 aliphatic rings. The first-order valence-electron chi connectivity index (χ1n) is 4.04. The van der Waals surface area contributed by atoms with Gasteiger partial charge in [-0.3, -0.25) is 5.01 Å². The number of hydrogen-bond acceptors (Lipinski definition) is 2. The first-order chi connectivity index (χ1) is 5.11. The highest BCUT2D eigenvalue weighted by atomic mass is 15.4. The molecule has 0 rings (SSSR count). The topological polar surface area (TPSA) is 15.6 Å². The van der Waals surface area contributed by atoms with Gasteiger partial charge in [0.2, 0.25) is 0 Å². The van der Waals surface area contributed by atoms with Crippen LogP contribution in [0.3, 0.4) is 0 Å². The van der Waals surface area contributed by atoms with Crippen molar-refractivity contribution in [3.05, 3.63) is 12.8 Å². The Morgan fingerprint density at radius 1 is 1.64 bits per heavy atom. The number of rotatable bonds is 4. The van der Waals surface area contributed by atoms with Gasteiger partial charge in [-0.25, -0.2) is 0 Å². The molecule has 0 spiro atoms. The molecule has 2 heteroatoms. The third-order valence-corrected chi connectivity index (χ3v) is 1.58. The molecule has 0 saturated heterocycles. The molecule has 0 fully saturated rings. The van der Waals surface area contributed by atoms with Gasteiger partial charge < -0.3 is 0 Å². The molecule has 64 valence electrons. The molecular formula is C9H18N2. The van der Waals surface area contributed by atoms with E-state index in [4.69, 9.17) is 0 Å². The van der Waals surface area contributed by atoms with Crippen molar-refractivity contribution in [1.29, 1.82) is 0 Å². The van der Waals surface area contributed by atoms with Gasteiger partial charge in [-0.2, -0.15) is 5.10 Å². The summed E-state index contributed by atoms with van der Waals surface area (Å²) in [7, 11) is 1.89. The molecule has 0 heterocycles. The van der Waals surface area contributed by atoms with Crippen LogP contribution >= 0.6 is 0 Å². The van der Waals surface area contributed by atoms with Crippen LogP contribution in [-0.2, 0) is 0 Å². The van der Waals surface area contributed by atoms with Gasteiger partial charge >= 0.3 is 0 Å². The molecule has 2 nitrogen and oxygen atoms in total. The quantitative estimate of drug-likeness (QED) is 0.448. The van der Waals surface area contributed by atoms with Gasteiger partial charge in [0.15, 0.2) is 0 Å². The molecule has 11 heavy (non-hydrogen) atoms. The number of nitrogens with zero attached hydrogens (tertiary/aromatic N) is 2. The van der Waals surface area contributed by atoms with Crippen LogP contribution in [0.4, 0.5) is 0 Å². The molecule has 0 aliphatic heterocycles. The predicted molar refractivity (Wildman–Crippen MR) is 50.5 cm³/mol. The zero-order chi connectivity index (χ0) is 8.85. The van der Waals surface area contributed by atoms with E-state index in [0.29, 0.717) is 5.92 Å². The summed E-state index contributed by atoms with van der Waals surface area (Å²) in [6.45, 7) is 10.1. The molecule has 0 bridgehead atoms. The van der Waals surface area contributed by atoms with E-state index in [0.717, 1.165) is 6.42 Å². The lowest BCUT2D eigenvalue weighted by Gasteiger charge is -2.12. The Balaban J connectivity index is 4.21. The molecule has 0 aliphatic carbocycles. The third-order valence-electron chi connectivity index (χ3n) is 1.58. The first-order valence-corrected chi connectivity index (χ1v) is 4.04. The molecular weight excluding hydrogens is 136 g/mol. The summed E-state index contributed by atoms with van der Waals surface area (Å²) in [6.07, 6.45) is 2.72. The molecule has 0 aromatic heterocycles. The van der Waals surface area contributed by atoms with E-state index in [1.165, 1.54) is 5.71 Å². The second-order valence-corrected chi connectivity index (χ2v) is 2.86. The standard InChI is InChI=1S/C9H18N2/c1-6-9(8(3)4)10-11(5)7-2/h7-8H,2,6H2,1,3-5H3/b10-9+. The fourth-order valence-electron chi connectivity index (χ4n) is 0.838. The fraction of sp³-hybridized carbons (Fsp3) is 0.667. The maximum atomic E-state index is 4.34. The summed E-state index contributed by atoms with van der Waals surface area (Å²) in [5.41, 5.74) is 1.22. The van der Waals surface area contributed by atoms with E-state index in [-0.39, 0.29) is 0 Å². The van der Waals surface area contributed by atoms with E-state index in [2.05, 4.69) is 32.5 Å². The van der Waals surface area contributed by atoms with Crippen LogP contribution in [0.2, 0.25) is 0 Å². The Kier molecular flexibility index (Phi) is 4.59. The Bertz CT molecular complexity index is 148. The van der Waals surface area contributed by atoms with Gasteiger partial charge in [-0.15, -0.1) is 0 Å². The molecule has 0 saturated carbocycles. The fourth-order valence-corrected chi connectivity index (χ4v) is 0.838. The van der Waals surface area contributed by atoms with Gasteiger partial charge in [-0.1, -0.05) is 27.4 Å². The van der Waals surface area contributed by atoms with Crippen molar-refractivity contribution in [3.63, 3.8) is 0 Å². The van der Waals surface area contributed by atoms with Crippen molar-refractivity contribution in [3.8, 4) is 0 Å². The lowest BCUT2D eigenvalue weighted by atomic mass is 10.1. The van der Waals surface area contributed by atoms with Crippen LogP contribution in [0.5, 0.6) is 0 Å². The highest BCUT2D eigenvalue weighted by molar-refractivity contribution is 5.85. The third kappa shape index (κ3) is 3.81. The summed E-state index contributed by atoms with van der Waals surface area (Å²) < 4.78 is 0. The van der Waals surface area contributed by atoms with E-state index in [1.54, 1.807) is 11.2 Å². The van der Waals surface area contributed by atoms with Gasteiger partial charge in [0.1, 0.15) is 0 Å². The number of hydrogen-bond donors (Lipinski definition) is 0.